The molecule has 0 fully saturated rings. The number of hydrogen-bond acceptors (Lipinski definition) is 8. The second-order valence-electron chi connectivity index (χ2n) is 9.85. The molecule has 4 aromatic rings. The number of aldehydes is 1. The maximum atomic E-state index is 12.1. The fraction of sp³-hybridized carbons (Fsp3) is 0.233. The molecule has 0 aliphatic heterocycles. The first-order chi connectivity index (χ1) is 19.6. The number of hydrogen-bond donors (Lipinski definition) is 1. The Labute approximate surface area is 247 Å². The Kier molecular flexibility index (Phi) is 9.10. The molecule has 0 atom stereocenters. The Balaban J connectivity index is 1.68. The van der Waals surface area contributed by atoms with Gasteiger partial charge in [0.05, 0.1) is 53.5 Å². The predicted molar refractivity (Wildman–Crippen MR) is 158 cm³/mol. The first kappa shape index (κ1) is 29.8. The molecular weight excluding hydrogens is 567 g/mol. The average molecular weight is 595 g/mol. The van der Waals surface area contributed by atoms with Crippen LogP contribution in [0.25, 0.3) is 33.8 Å². The molecule has 212 valence electrons. The van der Waals surface area contributed by atoms with Gasteiger partial charge >= 0.3 is 6.09 Å². The number of rotatable bonds is 8. The molecule has 0 saturated heterocycles. The van der Waals surface area contributed by atoms with Crippen LogP contribution in [-0.2, 0) is 11.3 Å². The van der Waals surface area contributed by atoms with Gasteiger partial charge in [-0.15, -0.1) is 0 Å². The van der Waals surface area contributed by atoms with E-state index < -0.39 is 11.7 Å². The van der Waals surface area contributed by atoms with E-state index in [-0.39, 0.29) is 11.6 Å². The summed E-state index contributed by atoms with van der Waals surface area (Å²) in [5, 5.41) is 3.36. The van der Waals surface area contributed by atoms with Crippen LogP contribution < -0.4 is 14.8 Å². The summed E-state index contributed by atoms with van der Waals surface area (Å²) in [7, 11) is 2.98. The Hall–Kier alpha value is -4.21. The highest BCUT2D eigenvalue weighted by molar-refractivity contribution is 6.38. The smallest absolute Gasteiger partial charge is 0.407 e. The Morgan fingerprint density at radius 2 is 1.68 bits per heavy atom. The number of carbonyl (C=O) groups is 2. The van der Waals surface area contributed by atoms with Crippen molar-refractivity contribution < 1.29 is 23.8 Å². The largest absolute Gasteiger partial charge is 0.496 e. The minimum Gasteiger partial charge on any atom is -0.496 e. The fourth-order valence-electron chi connectivity index (χ4n) is 4.04. The molecule has 2 aromatic heterocycles. The van der Waals surface area contributed by atoms with Gasteiger partial charge in [0.1, 0.15) is 17.7 Å². The zero-order chi connectivity index (χ0) is 29.7. The number of ether oxygens (including phenoxy) is 3. The van der Waals surface area contributed by atoms with Gasteiger partial charge in [-0.2, -0.15) is 0 Å². The lowest BCUT2D eigenvalue weighted by Gasteiger charge is -2.20. The SMILES string of the molecule is COc1cc(-c2ncnc(-c3cccc(-c4ccc(CNC(=O)OC(C)(C)C)c(OC)n4)c3Cl)c2Cl)ccc1C=O. The topological polar surface area (TPSA) is 113 Å². The summed E-state index contributed by atoms with van der Waals surface area (Å²) in [5.74, 6) is 0.730. The third-order valence-corrected chi connectivity index (χ3v) is 6.67. The number of pyridine rings is 1. The number of benzene rings is 2. The molecule has 4 rings (SSSR count). The summed E-state index contributed by atoms with van der Waals surface area (Å²) in [6.45, 7) is 5.54. The van der Waals surface area contributed by atoms with E-state index in [2.05, 4.69) is 20.3 Å². The molecule has 9 nitrogen and oxygen atoms in total. The average Bonchev–Trinajstić information content (AvgIpc) is 2.95. The Bertz CT molecular complexity index is 1600. The molecule has 41 heavy (non-hydrogen) atoms. The number of methoxy groups -OCH3 is 2. The maximum absolute atomic E-state index is 12.1. The zero-order valence-corrected chi connectivity index (χ0v) is 24.6. The summed E-state index contributed by atoms with van der Waals surface area (Å²) in [5.41, 5.74) is 3.74. The maximum Gasteiger partial charge on any atom is 0.407 e. The van der Waals surface area contributed by atoms with Gasteiger partial charge in [0, 0.05) is 22.3 Å². The highest BCUT2D eigenvalue weighted by Crippen LogP contribution is 2.41. The summed E-state index contributed by atoms with van der Waals surface area (Å²) < 4.78 is 16.1. The van der Waals surface area contributed by atoms with Gasteiger partial charge in [0.15, 0.2) is 6.29 Å². The van der Waals surface area contributed by atoms with Crippen LogP contribution in [0, 0.1) is 0 Å². The van der Waals surface area contributed by atoms with E-state index in [1.54, 1.807) is 57.2 Å². The molecule has 0 spiro atoms. The number of aromatic nitrogens is 3. The van der Waals surface area contributed by atoms with E-state index in [1.165, 1.54) is 20.5 Å². The minimum absolute atomic E-state index is 0.164. The second-order valence-corrected chi connectivity index (χ2v) is 10.6. The molecule has 0 bridgehead atoms. The van der Waals surface area contributed by atoms with Crippen molar-refractivity contribution in [1.82, 2.24) is 20.3 Å². The molecule has 2 aromatic carbocycles. The standard InChI is InChI=1S/C30H28Cl2N4O5/c1-30(2,3)41-29(38)33-14-18-11-12-22(36-28(18)40-5)20-7-6-8-21(24(20)31)27-25(32)26(34-16-35-27)17-9-10-19(15-37)23(13-17)39-4/h6-13,15-16H,14H2,1-5H3,(H,33,38). The molecule has 0 aliphatic rings. The monoisotopic (exact) mass is 594 g/mol. The van der Waals surface area contributed by atoms with Crippen LogP contribution in [-0.4, -0.2) is 47.2 Å². The third kappa shape index (κ3) is 6.75. The van der Waals surface area contributed by atoms with Gasteiger partial charge in [0.2, 0.25) is 5.88 Å². The van der Waals surface area contributed by atoms with Crippen LogP contribution in [0.1, 0.15) is 36.7 Å². The van der Waals surface area contributed by atoms with Gasteiger partial charge < -0.3 is 19.5 Å². The van der Waals surface area contributed by atoms with Crippen molar-refractivity contribution in [3.63, 3.8) is 0 Å². The summed E-state index contributed by atoms with van der Waals surface area (Å²) in [6.07, 6.45) is 1.57. The van der Waals surface area contributed by atoms with Gasteiger partial charge in [-0.05, 0) is 45.0 Å². The number of carbonyl (C=O) groups excluding carboxylic acids is 2. The zero-order valence-electron chi connectivity index (χ0n) is 23.1. The first-order valence-electron chi connectivity index (χ1n) is 12.5. The predicted octanol–water partition coefficient (Wildman–Crippen LogP) is 7.03. The lowest BCUT2D eigenvalue weighted by atomic mass is 10.0. The summed E-state index contributed by atoms with van der Waals surface area (Å²) in [6, 6.07) is 14.1. The number of nitrogens with zero attached hydrogens (tertiary/aromatic N) is 3. The normalized spacial score (nSPS) is 11.1. The first-order valence-corrected chi connectivity index (χ1v) is 13.3. The van der Waals surface area contributed by atoms with Gasteiger partial charge in [-0.25, -0.2) is 19.7 Å². The number of halogens is 2. The molecule has 2 heterocycles. The van der Waals surface area contributed by atoms with Gasteiger partial charge in [0.25, 0.3) is 0 Å². The van der Waals surface area contributed by atoms with Crippen LogP contribution >= 0.6 is 23.2 Å². The quantitative estimate of drug-likeness (QED) is 0.216. The lowest BCUT2D eigenvalue weighted by Crippen LogP contribution is -2.32. The Morgan fingerprint density at radius 1 is 0.951 bits per heavy atom. The van der Waals surface area contributed by atoms with E-state index in [4.69, 9.17) is 37.4 Å². The highest BCUT2D eigenvalue weighted by atomic mass is 35.5. The summed E-state index contributed by atoms with van der Waals surface area (Å²) in [4.78, 5) is 36.8. The number of nitrogens with one attached hydrogen (secondary N) is 1. The highest BCUT2D eigenvalue weighted by Gasteiger charge is 2.20. The Morgan fingerprint density at radius 3 is 2.37 bits per heavy atom. The van der Waals surface area contributed by atoms with Gasteiger partial charge in [-0.1, -0.05) is 47.5 Å². The lowest BCUT2D eigenvalue weighted by molar-refractivity contribution is 0.0523. The van der Waals surface area contributed by atoms with Crippen LogP contribution in [0.4, 0.5) is 4.79 Å². The van der Waals surface area contributed by atoms with Crippen molar-refractivity contribution >= 4 is 35.6 Å². The fourth-order valence-corrected chi connectivity index (χ4v) is 4.66. The van der Waals surface area contributed by atoms with Crippen molar-refractivity contribution in [2.45, 2.75) is 32.9 Å². The van der Waals surface area contributed by atoms with E-state index in [9.17, 15) is 9.59 Å². The molecule has 0 unspecified atom stereocenters. The van der Waals surface area contributed by atoms with Crippen molar-refractivity contribution in [3.05, 3.63) is 76.0 Å². The molecule has 0 aliphatic carbocycles. The van der Waals surface area contributed by atoms with Crippen molar-refractivity contribution in [2.75, 3.05) is 14.2 Å². The minimum atomic E-state index is -0.612. The molecular formula is C30H28Cl2N4O5. The van der Waals surface area contributed by atoms with Gasteiger partial charge in [-0.3, -0.25) is 4.79 Å². The van der Waals surface area contributed by atoms with Crippen LogP contribution in [0.3, 0.4) is 0 Å². The van der Waals surface area contributed by atoms with Crippen LogP contribution in [0.5, 0.6) is 11.6 Å². The van der Waals surface area contributed by atoms with E-state index >= 15 is 0 Å². The third-order valence-electron chi connectivity index (χ3n) is 5.91. The van der Waals surface area contributed by atoms with Crippen LogP contribution in [0.2, 0.25) is 10.0 Å². The van der Waals surface area contributed by atoms with Crippen molar-refractivity contribution in [1.29, 1.82) is 0 Å². The van der Waals surface area contributed by atoms with Crippen molar-refractivity contribution in [2.24, 2.45) is 0 Å². The number of alkyl carbamates (subject to hydrolysis) is 1. The van der Waals surface area contributed by atoms with E-state index in [0.717, 1.165) is 0 Å². The molecule has 1 N–H and O–H groups in total. The molecule has 0 radical (unpaired) electrons. The van der Waals surface area contributed by atoms with Crippen molar-refractivity contribution in [3.8, 4) is 45.4 Å². The summed E-state index contributed by atoms with van der Waals surface area (Å²) >= 11 is 13.7. The van der Waals surface area contributed by atoms with Crippen LogP contribution in [0.15, 0.2) is 54.9 Å². The second kappa shape index (κ2) is 12.5. The van der Waals surface area contributed by atoms with E-state index in [1.807, 2.05) is 12.1 Å². The molecule has 0 saturated carbocycles. The molecule has 11 heteroatoms. The number of amides is 1. The van der Waals surface area contributed by atoms with E-state index in [0.29, 0.717) is 67.8 Å². The molecule has 1 amide bonds.